The van der Waals surface area contributed by atoms with Crippen LogP contribution in [0.4, 0.5) is 4.39 Å². The van der Waals surface area contributed by atoms with Crippen LogP contribution >= 0.6 is 11.8 Å². The Balaban J connectivity index is 2.13. The van der Waals surface area contributed by atoms with E-state index in [1.54, 1.807) is 6.07 Å². The lowest BCUT2D eigenvalue weighted by Gasteiger charge is -2.30. The maximum Gasteiger partial charge on any atom is 0.128 e. The third-order valence-corrected chi connectivity index (χ3v) is 4.02. The van der Waals surface area contributed by atoms with Gasteiger partial charge < -0.3 is 5.32 Å². The first-order chi connectivity index (χ1) is 7.31. The Bertz CT molecular complexity index is 329. The summed E-state index contributed by atoms with van der Waals surface area (Å²) in [7, 11) is 0. The molecule has 0 aromatic heterocycles. The molecule has 2 atom stereocenters. The Morgan fingerprint density at radius 2 is 2.20 bits per heavy atom. The molecule has 1 aromatic rings. The van der Waals surface area contributed by atoms with E-state index in [1.165, 1.54) is 6.07 Å². The van der Waals surface area contributed by atoms with E-state index in [0.717, 1.165) is 23.5 Å². The van der Waals surface area contributed by atoms with Crippen molar-refractivity contribution >= 4 is 11.8 Å². The molecule has 2 rings (SSSR count). The molecule has 1 heterocycles. The summed E-state index contributed by atoms with van der Waals surface area (Å²) in [5.74, 6) is 2.02. The van der Waals surface area contributed by atoms with Gasteiger partial charge in [-0.1, -0.05) is 25.1 Å². The second-order valence-electron chi connectivity index (χ2n) is 3.88. The number of halogens is 1. The Hall–Kier alpha value is -0.540. The van der Waals surface area contributed by atoms with Crippen molar-refractivity contribution in [2.45, 2.75) is 25.4 Å². The highest BCUT2D eigenvalue weighted by Crippen LogP contribution is 2.26. The molecule has 15 heavy (non-hydrogen) atoms. The number of thioether (sulfide) groups is 1. The number of hydrogen-bond donors (Lipinski definition) is 1. The number of rotatable bonds is 2. The van der Waals surface area contributed by atoms with Crippen molar-refractivity contribution in [1.82, 2.24) is 5.32 Å². The first kappa shape index (κ1) is 11.0. The van der Waals surface area contributed by atoms with Crippen molar-refractivity contribution in [3.63, 3.8) is 0 Å². The van der Waals surface area contributed by atoms with Crippen molar-refractivity contribution in [3.05, 3.63) is 35.6 Å². The van der Waals surface area contributed by atoms with E-state index in [0.29, 0.717) is 6.04 Å². The smallest absolute Gasteiger partial charge is 0.128 e. The lowest BCUT2D eigenvalue weighted by Crippen LogP contribution is -2.39. The lowest BCUT2D eigenvalue weighted by atomic mass is 10.1. The van der Waals surface area contributed by atoms with E-state index in [2.05, 4.69) is 12.2 Å². The predicted molar refractivity (Wildman–Crippen MR) is 63.7 cm³/mol. The second kappa shape index (κ2) is 4.99. The monoisotopic (exact) mass is 225 g/mol. The summed E-state index contributed by atoms with van der Waals surface area (Å²) >= 11 is 1.91. The quantitative estimate of drug-likeness (QED) is 0.830. The van der Waals surface area contributed by atoms with Crippen LogP contribution in [-0.4, -0.2) is 17.5 Å². The summed E-state index contributed by atoms with van der Waals surface area (Å²) in [4.78, 5) is 0. The van der Waals surface area contributed by atoms with Gasteiger partial charge in [0.25, 0.3) is 0 Å². The van der Waals surface area contributed by atoms with Gasteiger partial charge in [-0.05, 0) is 12.5 Å². The molecule has 0 amide bonds. The molecule has 0 saturated carbocycles. The van der Waals surface area contributed by atoms with Crippen LogP contribution in [0.3, 0.4) is 0 Å². The Morgan fingerprint density at radius 3 is 2.93 bits per heavy atom. The third kappa shape index (κ3) is 2.52. The highest BCUT2D eigenvalue weighted by Gasteiger charge is 2.23. The molecule has 0 aliphatic carbocycles. The average Bonchev–Trinajstić information content (AvgIpc) is 2.30. The number of nitrogens with one attached hydrogen (secondary N) is 1. The Kier molecular flexibility index (Phi) is 3.65. The minimum Gasteiger partial charge on any atom is -0.306 e. The molecule has 1 aliphatic rings. The molecular formula is C12H16FNS. The van der Waals surface area contributed by atoms with Crippen LogP contribution in [-0.2, 0) is 0 Å². The molecule has 0 spiro atoms. The van der Waals surface area contributed by atoms with Gasteiger partial charge in [-0.25, -0.2) is 4.39 Å². The zero-order valence-corrected chi connectivity index (χ0v) is 9.69. The van der Waals surface area contributed by atoms with E-state index in [4.69, 9.17) is 0 Å². The highest BCUT2D eigenvalue weighted by atomic mass is 32.2. The maximum atomic E-state index is 13.6. The van der Waals surface area contributed by atoms with E-state index < -0.39 is 0 Å². The summed E-state index contributed by atoms with van der Waals surface area (Å²) in [5, 5.41) is 3.50. The van der Waals surface area contributed by atoms with Crippen LogP contribution in [0.15, 0.2) is 24.3 Å². The summed E-state index contributed by atoms with van der Waals surface area (Å²) in [6, 6.07) is 7.76. The van der Waals surface area contributed by atoms with E-state index >= 15 is 0 Å². The van der Waals surface area contributed by atoms with Crippen molar-refractivity contribution < 1.29 is 4.39 Å². The SMILES string of the molecule is CCC1CSCC(c2ccccc2F)N1. The zero-order chi connectivity index (χ0) is 10.7. The summed E-state index contributed by atoms with van der Waals surface area (Å²) in [5.41, 5.74) is 0.808. The third-order valence-electron chi connectivity index (χ3n) is 2.81. The molecule has 0 bridgehead atoms. The van der Waals surface area contributed by atoms with Crippen LogP contribution in [0, 0.1) is 5.82 Å². The molecule has 0 radical (unpaired) electrons. The van der Waals surface area contributed by atoms with Crippen molar-refractivity contribution in [2.24, 2.45) is 0 Å². The minimum absolute atomic E-state index is 0.0904. The molecule has 1 aliphatic heterocycles. The molecular weight excluding hydrogens is 209 g/mol. The second-order valence-corrected chi connectivity index (χ2v) is 4.96. The minimum atomic E-state index is -0.0904. The van der Waals surface area contributed by atoms with Crippen LogP contribution < -0.4 is 5.32 Å². The van der Waals surface area contributed by atoms with Crippen molar-refractivity contribution in [2.75, 3.05) is 11.5 Å². The first-order valence-corrected chi connectivity index (χ1v) is 6.55. The maximum absolute atomic E-state index is 13.6. The molecule has 1 nitrogen and oxygen atoms in total. The normalized spacial score (nSPS) is 26.5. The summed E-state index contributed by atoms with van der Waals surface area (Å²) < 4.78 is 13.6. The van der Waals surface area contributed by atoms with Gasteiger partial charge in [0.2, 0.25) is 0 Å². The number of benzene rings is 1. The summed E-state index contributed by atoms with van der Waals surface area (Å²) in [6.45, 7) is 2.17. The lowest BCUT2D eigenvalue weighted by molar-refractivity contribution is 0.451. The van der Waals surface area contributed by atoms with Crippen LogP contribution in [0.1, 0.15) is 24.9 Å². The average molecular weight is 225 g/mol. The zero-order valence-electron chi connectivity index (χ0n) is 8.87. The van der Waals surface area contributed by atoms with E-state index in [-0.39, 0.29) is 11.9 Å². The van der Waals surface area contributed by atoms with Crippen LogP contribution in [0.2, 0.25) is 0 Å². The number of hydrogen-bond acceptors (Lipinski definition) is 2. The molecule has 82 valence electrons. The van der Waals surface area contributed by atoms with Crippen LogP contribution in [0.25, 0.3) is 0 Å². The van der Waals surface area contributed by atoms with Crippen molar-refractivity contribution in [1.29, 1.82) is 0 Å². The largest absolute Gasteiger partial charge is 0.306 e. The van der Waals surface area contributed by atoms with Crippen LogP contribution in [0.5, 0.6) is 0 Å². The molecule has 3 heteroatoms. The van der Waals surface area contributed by atoms with Gasteiger partial charge in [-0.2, -0.15) is 11.8 Å². The van der Waals surface area contributed by atoms with Gasteiger partial charge in [0.05, 0.1) is 0 Å². The van der Waals surface area contributed by atoms with E-state index in [1.807, 2.05) is 23.9 Å². The molecule has 1 saturated heterocycles. The fourth-order valence-electron chi connectivity index (χ4n) is 1.88. The summed E-state index contributed by atoms with van der Waals surface area (Å²) in [6.07, 6.45) is 1.11. The van der Waals surface area contributed by atoms with Gasteiger partial charge in [-0.3, -0.25) is 0 Å². The topological polar surface area (TPSA) is 12.0 Å². The van der Waals surface area contributed by atoms with Gasteiger partial charge >= 0.3 is 0 Å². The van der Waals surface area contributed by atoms with Gasteiger partial charge in [-0.15, -0.1) is 0 Å². The fraction of sp³-hybridized carbons (Fsp3) is 0.500. The van der Waals surface area contributed by atoms with Gasteiger partial charge in [0, 0.05) is 29.2 Å². The predicted octanol–water partition coefficient (Wildman–Crippen LogP) is 2.98. The molecule has 1 aromatic carbocycles. The highest BCUT2D eigenvalue weighted by molar-refractivity contribution is 7.99. The van der Waals surface area contributed by atoms with Gasteiger partial charge in [0.1, 0.15) is 5.82 Å². The molecule has 1 fully saturated rings. The van der Waals surface area contributed by atoms with E-state index in [9.17, 15) is 4.39 Å². The van der Waals surface area contributed by atoms with Gasteiger partial charge in [0.15, 0.2) is 0 Å². The standard InChI is InChI=1S/C12H16FNS/c1-2-9-7-15-8-12(14-9)10-5-3-4-6-11(10)13/h3-6,9,12,14H,2,7-8H2,1H3. The van der Waals surface area contributed by atoms with Crippen molar-refractivity contribution in [3.8, 4) is 0 Å². The Morgan fingerprint density at radius 1 is 1.40 bits per heavy atom. The Labute approximate surface area is 94.5 Å². The first-order valence-electron chi connectivity index (χ1n) is 5.39. The molecule has 1 N–H and O–H groups in total. The fourth-order valence-corrected chi connectivity index (χ4v) is 3.15. The molecule has 2 unspecified atom stereocenters.